The summed E-state index contributed by atoms with van der Waals surface area (Å²) in [5.74, 6) is 2.40. The number of carbonyl (C=O) groups is 1. The van der Waals surface area contributed by atoms with E-state index in [1.807, 2.05) is 18.2 Å². The van der Waals surface area contributed by atoms with Crippen LogP contribution >= 0.6 is 0 Å². The molecule has 1 aromatic carbocycles. The molecular formula is C23H26N4O2. The summed E-state index contributed by atoms with van der Waals surface area (Å²) in [6, 6.07) is 7.45. The molecule has 6 nitrogen and oxygen atoms in total. The fourth-order valence-electron chi connectivity index (χ4n) is 6.98. The predicted octanol–water partition coefficient (Wildman–Crippen LogP) is 3.51. The molecule has 2 aromatic heterocycles. The van der Waals surface area contributed by atoms with E-state index in [-0.39, 0.29) is 22.9 Å². The summed E-state index contributed by atoms with van der Waals surface area (Å²) >= 11 is 0. The Kier molecular flexibility index (Phi) is 3.53. The van der Waals surface area contributed by atoms with Crippen molar-refractivity contribution >= 4 is 22.5 Å². The van der Waals surface area contributed by atoms with Gasteiger partial charge in [0, 0.05) is 6.04 Å². The van der Waals surface area contributed by atoms with Gasteiger partial charge in [-0.3, -0.25) is 9.59 Å². The third-order valence-corrected chi connectivity index (χ3v) is 7.97. The molecule has 0 saturated heterocycles. The molecule has 4 saturated carbocycles. The summed E-state index contributed by atoms with van der Waals surface area (Å²) in [6.07, 6.45) is 9.48. The van der Waals surface area contributed by atoms with Gasteiger partial charge in [-0.05, 0) is 80.8 Å². The lowest BCUT2D eigenvalue weighted by molar-refractivity contribution is -0.0687. The molecule has 4 aliphatic rings. The topological polar surface area (TPSA) is 79.3 Å². The smallest absolute Gasteiger partial charge is 0.259 e. The Morgan fingerprint density at radius 3 is 2.52 bits per heavy atom. The molecule has 4 aliphatic carbocycles. The van der Waals surface area contributed by atoms with Crippen LogP contribution in [0.4, 0.5) is 0 Å². The molecule has 29 heavy (non-hydrogen) atoms. The standard InChI is InChI=1S/C23H26N4O2/c1-13(23-9-14-6-15(10-23)8-16(7-14)11-23)25-22(29)18-12-24-27-19-5-3-2-4-17(19)21(28)26-20(18)27/h2-5,12-16H,6-11H2,1H3,(H,25,29)(H,26,28). The molecule has 0 spiro atoms. The molecular weight excluding hydrogens is 364 g/mol. The van der Waals surface area contributed by atoms with Crippen LogP contribution in [0.15, 0.2) is 35.3 Å². The Bertz CT molecular complexity index is 1160. The zero-order chi connectivity index (χ0) is 19.8. The van der Waals surface area contributed by atoms with E-state index in [2.05, 4.69) is 22.3 Å². The molecule has 6 heteroatoms. The zero-order valence-electron chi connectivity index (χ0n) is 16.6. The highest BCUT2D eigenvalue weighted by Crippen LogP contribution is 2.61. The van der Waals surface area contributed by atoms with Crippen LogP contribution in [-0.2, 0) is 0 Å². The largest absolute Gasteiger partial charge is 0.349 e. The fraction of sp³-hybridized carbons (Fsp3) is 0.522. The van der Waals surface area contributed by atoms with E-state index in [4.69, 9.17) is 0 Å². The number of hydrogen-bond acceptors (Lipinski definition) is 3. The van der Waals surface area contributed by atoms with Crippen LogP contribution in [0.25, 0.3) is 16.6 Å². The average molecular weight is 390 g/mol. The van der Waals surface area contributed by atoms with E-state index in [1.165, 1.54) is 38.5 Å². The first-order chi connectivity index (χ1) is 14.0. The van der Waals surface area contributed by atoms with Gasteiger partial charge in [0.15, 0.2) is 0 Å². The Labute approximate surface area is 168 Å². The highest BCUT2D eigenvalue weighted by molar-refractivity contribution is 6.00. The summed E-state index contributed by atoms with van der Waals surface area (Å²) in [5, 5.41) is 8.25. The Balaban J connectivity index is 1.33. The van der Waals surface area contributed by atoms with Crippen molar-refractivity contribution in [1.29, 1.82) is 0 Å². The molecule has 1 amide bonds. The molecule has 1 unspecified atom stereocenters. The van der Waals surface area contributed by atoms with Crippen molar-refractivity contribution in [1.82, 2.24) is 19.9 Å². The lowest BCUT2D eigenvalue weighted by Crippen LogP contribution is -2.55. The van der Waals surface area contributed by atoms with E-state index in [0.717, 1.165) is 17.8 Å². The van der Waals surface area contributed by atoms with Gasteiger partial charge in [-0.25, -0.2) is 4.52 Å². The number of para-hydroxylation sites is 1. The minimum Gasteiger partial charge on any atom is -0.349 e. The van der Waals surface area contributed by atoms with Crippen molar-refractivity contribution in [2.45, 2.75) is 51.5 Å². The molecule has 150 valence electrons. The van der Waals surface area contributed by atoms with Gasteiger partial charge in [0.05, 0.1) is 17.1 Å². The van der Waals surface area contributed by atoms with Gasteiger partial charge >= 0.3 is 0 Å². The number of hydrogen-bond donors (Lipinski definition) is 2. The number of H-pyrrole nitrogens is 1. The maximum atomic E-state index is 13.2. The first kappa shape index (κ1) is 17.2. The Morgan fingerprint density at radius 2 is 1.83 bits per heavy atom. The van der Waals surface area contributed by atoms with E-state index in [1.54, 1.807) is 16.8 Å². The van der Waals surface area contributed by atoms with Gasteiger partial charge in [0.2, 0.25) is 0 Å². The van der Waals surface area contributed by atoms with Crippen molar-refractivity contribution < 1.29 is 4.79 Å². The number of rotatable bonds is 3. The molecule has 4 bridgehead atoms. The van der Waals surface area contributed by atoms with Crippen LogP contribution in [0, 0.1) is 23.2 Å². The van der Waals surface area contributed by atoms with E-state index < -0.39 is 0 Å². The number of aromatic nitrogens is 3. The first-order valence-corrected chi connectivity index (χ1v) is 10.8. The van der Waals surface area contributed by atoms with Crippen molar-refractivity contribution in [2.24, 2.45) is 23.2 Å². The second-order valence-electron chi connectivity index (χ2n) is 9.77. The molecule has 2 heterocycles. The van der Waals surface area contributed by atoms with Crippen molar-refractivity contribution in [3.63, 3.8) is 0 Å². The zero-order valence-corrected chi connectivity index (χ0v) is 16.6. The highest BCUT2D eigenvalue weighted by Gasteiger charge is 2.53. The summed E-state index contributed by atoms with van der Waals surface area (Å²) < 4.78 is 1.65. The maximum absolute atomic E-state index is 13.2. The van der Waals surface area contributed by atoms with E-state index in [9.17, 15) is 9.59 Å². The molecule has 7 rings (SSSR count). The highest BCUT2D eigenvalue weighted by atomic mass is 16.2. The quantitative estimate of drug-likeness (QED) is 0.718. The fourth-order valence-corrected chi connectivity index (χ4v) is 6.98. The van der Waals surface area contributed by atoms with Gasteiger partial charge in [-0.2, -0.15) is 5.10 Å². The van der Waals surface area contributed by atoms with Crippen LogP contribution in [0.3, 0.4) is 0 Å². The lowest BCUT2D eigenvalue weighted by Gasteiger charge is -2.59. The number of fused-ring (bicyclic) bond motifs is 3. The molecule has 0 aliphatic heterocycles. The van der Waals surface area contributed by atoms with Crippen LogP contribution in [0.5, 0.6) is 0 Å². The molecule has 4 fully saturated rings. The van der Waals surface area contributed by atoms with Crippen molar-refractivity contribution in [2.75, 3.05) is 0 Å². The summed E-state index contributed by atoms with van der Waals surface area (Å²) in [6.45, 7) is 2.18. The van der Waals surface area contributed by atoms with Gasteiger partial charge < -0.3 is 10.3 Å². The number of nitrogens with one attached hydrogen (secondary N) is 2. The van der Waals surface area contributed by atoms with Crippen molar-refractivity contribution in [3.8, 4) is 0 Å². The third kappa shape index (κ3) is 2.51. The Hall–Kier alpha value is -2.63. The SMILES string of the molecule is CC(NC(=O)c1cnn2c1[nH]c(=O)c1ccccc12)C12CC3CC(CC(C3)C1)C2. The number of benzene rings is 1. The molecule has 0 radical (unpaired) electrons. The first-order valence-electron chi connectivity index (χ1n) is 10.8. The summed E-state index contributed by atoms with van der Waals surface area (Å²) in [5.41, 5.74) is 1.65. The van der Waals surface area contributed by atoms with E-state index in [0.29, 0.717) is 22.1 Å². The second-order valence-corrected chi connectivity index (χ2v) is 9.77. The number of carbonyl (C=O) groups excluding carboxylic acids is 1. The second kappa shape index (κ2) is 5.94. The van der Waals surface area contributed by atoms with Gasteiger partial charge in [0.1, 0.15) is 11.2 Å². The van der Waals surface area contributed by atoms with Gasteiger partial charge in [-0.1, -0.05) is 12.1 Å². The number of amides is 1. The average Bonchev–Trinajstić information content (AvgIpc) is 3.11. The molecule has 1 atom stereocenters. The number of aromatic amines is 1. The minimum atomic E-state index is -0.197. The summed E-state index contributed by atoms with van der Waals surface area (Å²) in [7, 11) is 0. The third-order valence-electron chi connectivity index (χ3n) is 7.97. The summed E-state index contributed by atoms with van der Waals surface area (Å²) in [4.78, 5) is 28.5. The van der Waals surface area contributed by atoms with E-state index >= 15 is 0 Å². The molecule has 2 N–H and O–H groups in total. The Morgan fingerprint density at radius 1 is 1.17 bits per heavy atom. The van der Waals surface area contributed by atoms with Gasteiger partial charge in [0.25, 0.3) is 11.5 Å². The number of nitrogens with zero attached hydrogens (tertiary/aromatic N) is 2. The predicted molar refractivity (Wildman–Crippen MR) is 111 cm³/mol. The van der Waals surface area contributed by atoms with Crippen LogP contribution < -0.4 is 10.9 Å². The van der Waals surface area contributed by atoms with Crippen LogP contribution in [0.1, 0.15) is 55.8 Å². The van der Waals surface area contributed by atoms with Crippen LogP contribution in [-0.4, -0.2) is 26.5 Å². The van der Waals surface area contributed by atoms with Gasteiger partial charge in [-0.15, -0.1) is 0 Å². The lowest BCUT2D eigenvalue weighted by atomic mass is 9.48. The normalized spacial score (nSPS) is 31.4. The minimum absolute atomic E-state index is 0.130. The maximum Gasteiger partial charge on any atom is 0.259 e. The monoisotopic (exact) mass is 390 g/mol. The van der Waals surface area contributed by atoms with Crippen LogP contribution in [0.2, 0.25) is 0 Å². The van der Waals surface area contributed by atoms with Crippen molar-refractivity contribution in [3.05, 3.63) is 46.4 Å². The molecule has 3 aromatic rings.